The Labute approximate surface area is 133 Å². The van der Waals surface area contributed by atoms with Crippen molar-refractivity contribution in [1.82, 2.24) is 10.2 Å². The summed E-state index contributed by atoms with van der Waals surface area (Å²) in [5.41, 5.74) is 1.38. The fraction of sp³-hybridized carbons (Fsp3) is 0.667. The van der Waals surface area contributed by atoms with Crippen LogP contribution < -0.4 is 5.32 Å². The third-order valence-corrected chi connectivity index (χ3v) is 5.01. The number of benzene rings is 1. The van der Waals surface area contributed by atoms with Crippen LogP contribution in [0.1, 0.15) is 38.7 Å². The Morgan fingerprint density at radius 3 is 2.57 bits per heavy atom. The van der Waals surface area contributed by atoms with Gasteiger partial charge >= 0.3 is 0 Å². The van der Waals surface area contributed by atoms with E-state index in [1.165, 1.54) is 31.4 Å². The van der Waals surface area contributed by atoms with Crippen LogP contribution >= 0.6 is 11.6 Å². The molecule has 21 heavy (non-hydrogen) atoms. The molecule has 0 bridgehead atoms. The summed E-state index contributed by atoms with van der Waals surface area (Å²) in [6, 6.07) is 9.74. The van der Waals surface area contributed by atoms with Gasteiger partial charge in [0.2, 0.25) is 0 Å². The van der Waals surface area contributed by atoms with Gasteiger partial charge in [0, 0.05) is 36.7 Å². The third kappa shape index (κ3) is 4.21. The summed E-state index contributed by atoms with van der Waals surface area (Å²) in [6.07, 6.45) is 4.10. The zero-order valence-electron chi connectivity index (χ0n) is 13.2. The van der Waals surface area contributed by atoms with Gasteiger partial charge in [-0.25, -0.2) is 0 Å². The highest BCUT2D eigenvalue weighted by Gasteiger charge is 2.38. The minimum Gasteiger partial charge on any atom is -0.311 e. The van der Waals surface area contributed by atoms with E-state index < -0.39 is 0 Å². The van der Waals surface area contributed by atoms with E-state index in [9.17, 15) is 0 Å². The molecule has 3 heteroatoms. The first-order valence-corrected chi connectivity index (χ1v) is 8.71. The molecule has 1 heterocycles. The van der Waals surface area contributed by atoms with Gasteiger partial charge in [-0.05, 0) is 48.8 Å². The number of rotatable bonds is 5. The fourth-order valence-electron chi connectivity index (χ4n) is 3.58. The predicted molar refractivity (Wildman–Crippen MR) is 89.6 cm³/mol. The quantitative estimate of drug-likeness (QED) is 0.886. The molecule has 0 amide bonds. The minimum atomic E-state index is 0.646. The lowest BCUT2D eigenvalue weighted by Crippen LogP contribution is -2.57. The van der Waals surface area contributed by atoms with Crippen LogP contribution in [-0.4, -0.2) is 30.1 Å². The molecule has 1 aliphatic carbocycles. The summed E-state index contributed by atoms with van der Waals surface area (Å²) < 4.78 is 0. The molecule has 0 spiro atoms. The van der Waals surface area contributed by atoms with Crippen molar-refractivity contribution in [3.8, 4) is 0 Å². The number of halogens is 1. The van der Waals surface area contributed by atoms with E-state index in [1.807, 2.05) is 12.1 Å². The van der Waals surface area contributed by atoms with E-state index in [1.54, 1.807) is 0 Å². The molecule has 2 atom stereocenters. The van der Waals surface area contributed by atoms with E-state index in [0.29, 0.717) is 6.04 Å². The topological polar surface area (TPSA) is 15.3 Å². The molecule has 1 N–H and O–H groups in total. The molecule has 1 aromatic rings. The Hall–Kier alpha value is -0.570. The van der Waals surface area contributed by atoms with Crippen molar-refractivity contribution in [2.75, 3.05) is 13.1 Å². The molecule has 2 aliphatic rings. The molecule has 0 radical (unpaired) electrons. The van der Waals surface area contributed by atoms with Crippen LogP contribution in [0.5, 0.6) is 0 Å². The van der Waals surface area contributed by atoms with Crippen molar-refractivity contribution in [1.29, 1.82) is 0 Å². The van der Waals surface area contributed by atoms with Crippen molar-refractivity contribution in [3.63, 3.8) is 0 Å². The van der Waals surface area contributed by atoms with Gasteiger partial charge in [0.05, 0.1) is 0 Å². The minimum absolute atomic E-state index is 0.646. The molecule has 1 saturated carbocycles. The van der Waals surface area contributed by atoms with Gasteiger partial charge in [0.25, 0.3) is 0 Å². The molecule has 0 aromatic heterocycles. The molecular formula is C18H27ClN2. The molecule has 2 unspecified atom stereocenters. The van der Waals surface area contributed by atoms with Crippen molar-refractivity contribution >= 4 is 11.6 Å². The van der Waals surface area contributed by atoms with Gasteiger partial charge in [-0.1, -0.05) is 37.6 Å². The SMILES string of the molecule is CC(C)CC1CN(Cc2ccc(Cl)cc2)C(C2CC2)CN1. The van der Waals surface area contributed by atoms with Crippen LogP contribution in [0.2, 0.25) is 5.02 Å². The first-order valence-electron chi connectivity index (χ1n) is 8.33. The van der Waals surface area contributed by atoms with Gasteiger partial charge in [-0.15, -0.1) is 0 Å². The van der Waals surface area contributed by atoms with Crippen LogP contribution in [0.25, 0.3) is 0 Å². The summed E-state index contributed by atoms with van der Waals surface area (Å²) in [5, 5.41) is 4.61. The van der Waals surface area contributed by atoms with E-state index in [0.717, 1.165) is 36.0 Å². The number of hydrogen-bond acceptors (Lipinski definition) is 2. The van der Waals surface area contributed by atoms with Crippen molar-refractivity contribution < 1.29 is 0 Å². The van der Waals surface area contributed by atoms with Crippen LogP contribution in [0, 0.1) is 11.8 Å². The zero-order chi connectivity index (χ0) is 14.8. The molecule has 3 rings (SSSR count). The standard InChI is InChI=1S/C18H27ClN2/c1-13(2)9-17-12-21(18(10-20-17)15-5-6-15)11-14-3-7-16(19)8-4-14/h3-4,7-8,13,15,17-18,20H,5-6,9-12H2,1-2H3. The van der Waals surface area contributed by atoms with Gasteiger partial charge < -0.3 is 5.32 Å². The third-order valence-electron chi connectivity index (χ3n) is 4.76. The molecule has 1 aromatic carbocycles. The Bertz CT molecular complexity index is 453. The summed E-state index contributed by atoms with van der Waals surface area (Å²) in [4.78, 5) is 2.71. The average Bonchev–Trinajstić information content (AvgIpc) is 3.25. The lowest BCUT2D eigenvalue weighted by atomic mass is 9.97. The Morgan fingerprint density at radius 1 is 1.24 bits per heavy atom. The Kier molecular flexibility index (Phi) is 4.88. The maximum Gasteiger partial charge on any atom is 0.0406 e. The number of nitrogens with zero attached hydrogens (tertiary/aromatic N) is 1. The Balaban J connectivity index is 1.66. The number of nitrogens with one attached hydrogen (secondary N) is 1. The van der Waals surface area contributed by atoms with E-state index in [4.69, 9.17) is 11.6 Å². The summed E-state index contributed by atoms with van der Waals surface area (Å²) in [5.74, 6) is 1.68. The second-order valence-corrected chi connectivity index (χ2v) is 7.63. The van der Waals surface area contributed by atoms with Crippen LogP contribution in [-0.2, 0) is 6.54 Å². The zero-order valence-corrected chi connectivity index (χ0v) is 13.9. The molecule has 1 aliphatic heterocycles. The van der Waals surface area contributed by atoms with Crippen LogP contribution in [0.4, 0.5) is 0 Å². The molecule has 2 fully saturated rings. The van der Waals surface area contributed by atoms with E-state index in [-0.39, 0.29) is 0 Å². The molecule has 2 nitrogen and oxygen atoms in total. The molecule has 1 saturated heterocycles. The Morgan fingerprint density at radius 2 is 1.95 bits per heavy atom. The summed E-state index contributed by atoms with van der Waals surface area (Å²) in [7, 11) is 0. The predicted octanol–water partition coefficient (Wildman–Crippen LogP) is 3.94. The van der Waals surface area contributed by atoms with Crippen molar-refractivity contribution in [2.24, 2.45) is 11.8 Å². The fourth-order valence-corrected chi connectivity index (χ4v) is 3.70. The van der Waals surface area contributed by atoms with Gasteiger partial charge in [-0.3, -0.25) is 4.90 Å². The van der Waals surface area contributed by atoms with Crippen LogP contribution in [0.15, 0.2) is 24.3 Å². The largest absolute Gasteiger partial charge is 0.311 e. The van der Waals surface area contributed by atoms with Gasteiger partial charge in [0.1, 0.15) is 0 Å². The normalized spacial score (nSPS) is 27.2. The second kappa shape index (κ2) is 6.68. The highest BCUT2D eigenvalue weighted by molar-refractivity contribution is 6.30. The van der Waals surface area contributed by atoms with E-state index in [2.05, 4.69) is 36.2 Å². The number of hydrogen-bond donors (Lipinski definition) is 1. The maximum atomic E-state index is 6.00. The highest BCUT2D eigenvalue weighted by atomic mass is 35.5. The second-order valence-electron chi connectivity index (χ2n) is 7.20. The highest BCUT2D eigenvalue weighted by Crippen LogP contribution is 2.37. The first-order chi connectivity index (χ1) is 10.1. The van der Waals surface area contributed by atoms with Gasteiger partial charge in [0.15, 0.2) is 0 Å². The average molecular weight is 307 g/mol. The lowest BCUT2D eigenvalue weighted by Gasteiger charge is -2.41. The smallest absolute Gasteiger partial charge is 0.0406 e. The van der Waals surface area contributed by atoms with Crippen LogP contribution in [0.3, 0.4) is 0 Å². The van der Waals surface area contributed by atoms with Crippen molar-refractivity contribution in [2.45, 2.75) is 51.7 Å². The first kappa shape index (κ1) is 15.3. The summed E-state index contributed by atoms with van der Waals surface area (Å²) >= 11 is 6.00. The van der Waals surface area contributed by atoms with E-state index >= 15 is 0 Å². The maximum absolute atomic E-state index is 6.00. The van der Waals surface area contributed by atoms with Gasteiger partial charge in [-0.2, -0.15) is 0 Å². The van der Waals surface area contributed by atoms with Crippen molar-refractivity contribution in [3.05, 3.63) is 34.9 Å². The number of piperazine rings is 1. The molecular weight excluding hydrogens is 280 g/mol. The molecule has 116 valence electrons. The monoisotopic (exact) mass is 306 g/mol. The summed E-state index contributed by atoms with van der Waals surface area (Å²) in [6.45, 7) is 8.04. The lowest BCUT2D eigenvalue weighted by molar-refractivity contribution is 0.100.